The van der Waals surface area contributed by atoms with Crippen molar-refractivity contribution in [1.82, 2.24) is 9.88 Å². The van der Waals surface area contributed by atoms with E-state index in [1.165, 1.54) is 24.7 Å². The van der Waals surface area contributed by atoms with Crippen LogP contribution in [0.25, 0.3) is 0 Å². The van der Waals surface area contributed by atoms with Crippen LogP contribution in [-0.2, 0) is 6.42 Å². The summed E-state index contributed by atoms with van der Waals surface area (Å²) in [7, 11) is 0. The van der Waals surface area contributed by atoms with E-state index >= 15 is 0 Å². The van der Waals surface area contributed by atoms with Crippen molar-refractivity contribution >= 4 is 5.91 Å². The van der Waals surface area contributed by atoms with Crippen molar-refractivity contribution in [2.45, 2.75) is 50.9 Å². The quantitative estimate of drug-likeness (QED) is 0.872. The molecule has 1 N–H and O–H groups in total. The lowest BCUT2D eigenvalue weighted by atomic mass is 9.74. The van der Waals surface area contributed by atoms with E-state index in [0.29, 0.717) is 24.7 Å². The van der Waals surface area contributed by atoms with Crippen LogP contribution in [0.2, 0.25) is 0 Å². The third-order valence-electron chi connectivity index (χ3n) is 6.31. The molecule has 0 atom stereocenters. The number of hydrogen-bond acceptors (Lipinski definition) is 4. The predicted octanol–water partition coefficient (Wildman–Crippen LogP) is 3.79. The molecule has 2 aromatic rings. The Morgan fingerprint density at radius 2 is 1.89 bits per heavy atom. The lowest BCUT2D eigenvalue weighted by molar-refractivity contribution is 0.0355. The Bertz CT molecular complexity index is 757. The molecule has 1 saturated heterocycles. The number of aromatic nitrogens is 1. The molecule has 5 nitrogen and oxygen atoms in total. The molecule has 2 fully saturated rings. The van der Waals surface area contributed by atoms with Gasteiger partial charge >= 0.3 is 0 Å². The smallest absolute Gasteiger partial charge is 0.275 e. The summed E-state index contributed by atoms with van der Waals surface area (Å²) in [5.41, 5.74) is 1.53. The summed E-state index contributed by atoms with van der Waals surface area (Å²) in [6.45, 7) is 1.45. The number of amides is 1. The molecule has 144 valence electrons. The molecule has 1 aromatic carbocycles. The van der Waals surface area contributed by atoms with Gasteiger partial charge in [-0.05, 0) is 37.7 Å². The third kappa shape index (κ3) is 3.93. The number of hydrogen-bond donors (Lipinski definition) is 1. The average molecular weight is 368 g/mol. The molecule has 1 amide bonds. The monoisotopic (exact) mass is 368 g/mol. The minimum Gasteiger partial charge on any atom is -0.448 e. The summed E-state index contributed by atoms with van der Waals surface area (Å²) in [5, 5.41) is 10.0. The Morgan fingerprint density at radius 3 is 2.56 bits per heavy atom. The van der Waals surface area contributed by atoms with Crippen LogP contribution in [0.15, 0.2) is 41.0 Å². The molecule has 1 aliphatic carbocycles. The van der Waals surface area contributed by atoms with Gasteiger partial charge in [0.2, 0.25) is 0 Å². The zero-order valence-corrected chi connectivity index (χ0v) is 15.8. The molecule has 0 bridgehead atoms. The van der Waals surface area contributed by atoms with Gasteiger partial charge in [0.05, 0.1) is 0 Å². The van der Waals surface area contributed by atoms with Gasteiger partial charge in [0, 0.05) is 31.0 Å². The first-order chi connectivity index (χ1) is 13.2. The molecule has 1 aromatic heterocycles. The maximum Gasteiger partial charge on any atom is 0.275 e. The Balaban J connectivity index is 1.38. The highest BCUT2D eigenvalue weighted by Crippen LogP contribution is 2.36. The van der Waals surface area contributed by atoms with Gasteiger partial charge in [0.15, 0.2) is 11.6 Å². The fourth-order valence-corrected chi connectivity index (χ4v) is 4.51. The summed E-state index contributed by atoms with van der Waals surface area (Å²) < 4.78 is 5.60. The summed E-state index contributed by atoms with van der Waals surface area (Å²) in [6, 6.07) is 10.3. The van der Waals surface area contributed by atoms with E-state index in [1.54, 1.807) is 0 Å². The number of nitrogens with zero attached hydrogens (tertiary/aromatic N) is 2. The van der Waals surface area contributed by atoms with E-state index < -0.39 is 0 Å². The second kappa shape index (κ2) is 7.85. The third-order valence-corrected chi connectivity index (χ3v) is 6.31. The zero-order valence-electron chi connectivity index (χ0n) is 15.8. The molecular formula is C22H28N2O3. The van der Waals surface area contributed by atoms with Crippen LogP contribution in [0.4, 0.5) is 0 Å². The second-order valence-corrected chi connectivity index (χ2v) is 8.17. The topological polar surface area (TPSA) is 66.6 Å². The van der Waals surface area contributed by atoms with Gasteiger partial charge in [-0.15, -0.1) is 0 Å². The Labute approximate surface area is 160 Å². The fourth-order valence-electron chi connectivity index (χ4n) is 4.51. The average Bonchev–Trinajstić information content (AvgIpc) is 3.40. The van der Waals surface area contributed by atoms with Gasteiger partial charge in [0.1, 0.15) is 6.26 Å². The molecule has 0 unspecified atom stereocenters. The number of aliphatic hydroxyl groups excluding tert-OH is 1. The van der Waals surface area contributed by atoms with Crippen LogP contribution in [0.5, 0.6) is 0 Å². The Hall–Kier alpha value is -2.14. The normalized spacial score (nSPS) is 20.1. The summed E-state index contributed by atoms with van der Waals surface area (Å²) in [5.74, 6) is 1.05. The van der Waals surface area contributed by atoms with Crippen LogP contribution >= 0.6 is 0 Å². The van der Waals surface area contributed by atoms with Crippen molar-refractivity contribution in [1.29, 1.82) is 0 Å². The summed E-state index contributed by atoms with van der Waals surface area (Å²) >= 11 is 0. The molecule has 1 aliphatic heterocycles. The van der Waals surface area contributed by atoms with E-state index in [4.69, 9.17) is 4.42 Å². The van der Waals surface area contributed by atoms with Gasteiger partial charge in [-0.2, -0.15) is 0 Å². The van der Waals surface area contributed by atoms with Gasteiger partial charge in [0.25, 0.3) is 5.91 Å². The van der Waals surface area contributed by atoms with Crippen LogP contribution in [-0.4, -0.2) is 40.6 Å². The van der Waals surface area contributed by atoms with E-state index in [0.717, 1.165) is 38.0 Å². The molecule has 2 aliphatic rings. The zero-order chi connectivity index (χ0) is 18.7. The number of likely N-dealkylation sites (tertiary alicyclic amines) is 1. The van der Waals surface area contributed by atoms with E-state index in [2.05, 4.69) is 17.1 Å². The first-order valence-electron chi connectivity index (χ1n) is 10.1. The standard InChI is InChI=1S/C22H28N2O3/c25-16-22(14-17-6-2-1-3-7-17)10-12-24(13-11-22)21(26)19-15-27-20(23-19)18-8-4-5-9-18/h1-3,6-7,15,18,25H,4-5,8-14,16H2. The molecular weight excluding hydrogens is 340 g/mol. The highest BCUT2D eigenvalue weighted by molar-refractivity contribution is 5.92. The number of aliphatic hydroxyl groups is 1. The lowest BCUT2D eigenvalue weighted by Crippen LogP contribution is -2.45. The van der Waals surface area contributed by atoms with Crippen LogP contribution in [0.3, 0.4) is 0 Å². The molecule has 5 heteroatoms. The highest BCUT2D eigenvalue weighted by Gasteiger charge is 2.36. The minimum absolute atomic E-state index is 0.0470. The second-order valence-electron chi connectivity index (χ2n) is 8.17. The minimum atomic E-state index is -0.142. The van der Waals surface area contributed by atoms with Crippen molar-refractivity contribution in [3.05, 3.63) is 53.7 Å². The van der Waals surface area contributed by atoms with Gasteiger partial charge < -0.3 is 14.4 Å². The van der Waals surface area contributed by atoms with Gasteiger partial charge in [-0.3, -0.25) is 4.79 Å². The number of carbonyl (C=O) groups excluding carboxylic acids is 1. The number of piperidine rings is 1. The maximum absolute atomic E-state index is 12.8. The molecule has 0 radical (unpaired) electrons. The number of rotatable bonds is 5. The summed E-state index contributed by atoms with van der Waals surface area (Å²) in [4.78, 5) is 19.2. The van der Waals surface area contributed by atoms with Crippen molar-refractivity contribution in [3.8, 4) is 0 Å². The van der Waals surface area contributed by atoms with Gasteiger partial charge in [-0.1, -0.05) is 43.2 Å². The molecule has 1 saturated carbocycles. The van der Waals surface area contributed by atoms with Crippen molar-refractivity contribution in [2.24, 2.45) is 5.41 Å². The summed E-state index contributed by atoms with van der Waals surface area (Å²) in [6.07, 6.45) is 8.62. The van der Waals surface area contributed by atoms with Crippen LogP contribution in [0.1, 0.15) is 66.4 Å². The SMILES string of the molecule is O=C(c1coc(C2CCCC2)n1)N1CCC(CO)(Cc2ccccc2)CC1. The fraction of sp³-hybridized carbons (Fsp3) is 0.545. The van der Waals surface area contributed by atoms with Crippen LogP contribution < -0.4 is 0 Å². The first-order valence-corrected chi connectivity index (χ1v) is 10.1. The largest absolute Gasteiger partial charge is 0.448 e. The highest BCUT2D eigenvalue weighted by atomic mass is 16.3. The van der Waals surface area contributed by atoms with Crippen molar-refractivity contribution in [3.63, 3.8) is 0 Å². The number of benzene rings is 1. The molecule has 4 rings (SSSR count). The van der Waals surface area contributed by atoms with E-state index in [9.17, 15) is 9.90 Å². The van der Waals surface area contributed by atoms with Crippen molar-refractivity contribution in [2.75, 3.05) is 19.7 Å². The predicted molar refractivity (Wildman–Crippen MR) is 103 cm³/mol. The molecule has 2 heterocycles. The van der Waals surface area contributed by atoms with E-state index in [-0.39, 0.29) is 17.9 Å². The Morgan fingerprint density at radius 1 is 1.19 bits per heavy atom. The Kier molecular flexibility index (Phi) is 5.30. The lowest BCUT2D eigenvalue weighted by Gasteiger charge is -2.40. The number of carbonyl (C=O) groups is 1. The van der Waals surface area contributed by atoms with Gasteiger partial charge in [-0.25, -0.2) is 4.98 Å². The van der Waals surface area contributed by atoms with E-state index in [1.807, 2.05) is 23.1 Å². The van der Waals surface area contributed by atoms with Crippen LogP contribution in [0, 0.1) is 5.41 Å². The molecule has 0 spiro atoms. The molecule has 27 heavy (non-hydrogen) atoms. The maximum atomic E-state index is 12.8. The first kappa shape index (κ1) is 18.2. The number of oxazole rings is 1. The van der Waals surface area contributed by atoms with Crippen molar-refractivity contribution < 1.29 is 14.3 Å².